The first-order valence-corrected chi connectivity index (χ1v) is 8.34. The lowest BCUT2D eigenvalue weighted by Gasteiger charge is -2.37. The zero-order valence-corrected chi connectivity index (χ0v) is 14.1. The van der Waals surface area contributed by atoms with Crippen LogP contribution >= 0.6 is 0 Å². The fourth-order valence-corrected chi connectivity index (χ4v) is 3.39. The number of nitrogens with one attached hydrogen (secondary N) is 1. The average molecular weight is 329 g/mol. The van der Waals surface area contributed by atoms with Crippen LogP contribution in [-0.2, 0) is 9.47 Å². The van der Waals surface area contributed by atoms with Gasteiger partial charge in [0.15, 0.2) is 5.82 Å². The smallest absolute Gasteiger partial charge is 0.150 e. The van der Waals surface area contributed by atoms with Crippen LogP contribution in [0.3, 0.4) is 0 Å². The van der Waals surface area contributed by atoms with Crippen LogP contribution in [0.15, 0.2) is 30.3 Å². The van der Waals surface area contributed by atoms with Gasteiger partial charge in [0.2, 0.25) is 0 Å². The molecule has 3 heterocycles. The molecule has 128 valence electrons. The van der Waals surface area contributed by atoms with Gasteiger partial charge in [0.25, 0.3) is 0 Å². The standard InChI is InChI=1S/C18H23N3O3/c1-21(10-15-7-8-18(24-15)11-23-12-18)17-9-16(19-20-17)13-3-5-14(22-2)6-4-13/h3-6,9,15H,7-8,10-12H2,1-2H3,(H,19,20). The van der Waals surface area contributed by atoms with E-state index in [1.165, 1.54) is 0 Å². The van der Waals surface area contributed by atoms with Crippen LogP contribution in [0.5, 0.6) is 5.75 Å². The Morgan fingerprint density at radius 1 is 1.33 bits per heavy atom. The van der Waals surface area contributed by atoms with E-state index in [0.29, 0.717) is 0 Å². The number of aromatic nitrogens is 2. The maximum atomic E-state index is 6.18. The Balaban J connectivity index is 1.40. The van der Waals surface area contributed by atoms with E-state index in [2.05, 4.69) is 28.2 Å². The summed E-state index contributed by atoms with van der Waals surface area (Å²) in [6.45, 7) is 2.34. The van der Waals surface area contributed by atoms with E-state index in [1.807, 2.05) is 24.3 Å². The zero-order valence-electron chi connectivity index (χ0n) is 14.1. The van der Waals surface area contributed by atoms with E-state index in [1.54, 1.807) is 7.11 Å². The minimum Gasteiger partial charge on any atom is -0.497 e. The first-order valence-electron chi connectivity index (χ1n) is 8.34. The summed E-state index contributed by atoms with van der Waals surface area (Å²) in [7, 11) is 3.73. The van der Waals surface area contributed by atoms with Gasteiger partial charge in [-0.3, -0.25) is 5.10 Å². The molecule has 0 bridgehead atoms. The number of hydrogen-bond acceptors (Lipinski definition) is 5. The summed E-state index contributed by atoms with van der Waals surface area (Å²) in [5.41, 5.74) is 2.09. The third-order valence-electron chi connectivity index (χ3n) is 4.90. The van der Waals surface area contributed by atoms with Crippen molar-refractivity contribution in [2.75, 3.05) is 38.8 Å². The Morgan fingerprint density at radius 2 is 2.12 bits per heavy atom. The van der Waals surface area contributed by atoms with Gasteiger partial charge in [-0.15, -0.1) is 0 Å². The van der Waals surface area contributed by atoms with Crippen LogP contribution in [-0.4, -0.2) is 55.8 Å². The molecule has 0 aliphatic carbocycles. The lowest BCUT2D eigenvalue weighted by molar-refractivity contribution is -0.198. The minimum atomic E-state index is 0.00529. The van der Waals surface area contributed by atoms with Gasteiger partial charge in [0, 0.05) is 19.7 Å². The van der Waals surface area contributed by atoms with Crippen LogP contribution < -0.4 is 9.64 Å². The first kappa shape index (κ1) is 15.5. The van der Waals surface area contributed by atoms with Crippen LogP contribution in [0.4, 0.5) is 5.82 Å². The lowest BCUT2D eigenvalue weighted by Crippen LogP contribution is -2.50. The molecule has 2 aliphatic heterocycles. The van der Waals surface area contributed by atoms with E-state index in [9.17, 15) is 0 Å². The predicted octanol–water partition coefficient (Wildman–Crippen LogP) is 2.47. The number of ether oxygens (including phenoxy) is 3. The monoisotopic (exact) mass is 329 g/mol. The summed E-state index contributed by atoms with van der Waals surface area (Å²) in [4.78, 5) is 2.15. The van der Waals surface area contributed by atoms with E-state index in [0.717, 1.165) is 55.4 Å². The molecule has 1 unspecified atom stereocenters. The van der Waals surface area contributed by atoms with Crippen molar-refractivity contribution in [2.24, 2.45) is 0 Å². The normalized spacial score (nSPS) is 21.7. The Kier molecular flexibility index (Phi) is 3.94. The summed E-state index contributed by atoms with van der Waals surface area (Å²) in [5.74, 6) is 1.78. The molecule has 0 saturated carbocycles. The molecule has 0 amide bonds. The largest absolute Gasteiger partial charge is 0.497 e. The van der Waals surface area contributed by atoms with Gasteiger partial charge in [-0.25, -0.2) is 0 Å². The maximum absolute atomic E-state index is 6.18. The van der Waals surface area contributed by atoms with E-state index in [4.69, 9.17) is 14.2 Å². The van der Waals surface area contributed by atoms with Crippen molar-refractivity contribution in [3.8, 4) is 17.0 Å². The van der Waals surface area contributed by atoms with Crippen molar-refractivity contribution in [3.05, 3.63) is 30.3 Å². The van der Waals surface area contributed by atoms with E-state index in [-0.39, 0.29) is 11.7 Å². The molecule has 1 N–H and O–H groups in total. The van der Waals surface area contributed by atoms with Crippen LogP contribution in [0.1, 0.15) is 12.8 Å². The molecule has 2 fully saturated rings. The van der Waals surface area contributed by atoms with Gasteiger partial charge in [-0.2, -0.15) is 5.10 Å². The number of methoxy groups -OCH3 is 1. The third-order valence-corrected chi connectivity index (χ3v) is 4.90. The molecule has 2 saturated heterocycles. The second kappa shape index (κ2) is 6.11. The molecule has 24 heavy (non-hydrogen) atoms. The number of anilines is 1. The molecule has 2 aliphatic rings. The van der Waals surface area contributed by atoms with Crippen molar-refractivity contribution in [3.63, 3.8) is 0 Å². The number of nitrogens with zero attached hydrogens (tertiary/aromatic N) is 2. The third kappa shape index (κ3) is 2.87. The molecule has 6 nitrogen and oxygen atoms in total. The summed E-state index contributed by atoms with van der Waals surface area (Å²) in [5, 5.41) is 7.55. The van der Waals surface area contributed by atoms with E-state index >= 15 is 0 Å². The molecular weight excluding hydrogens is 306 g/mol. The Hall–Kier alpha value is -2.05. The number of H-pyrrole nitrogens is 1. The topological polar surface area (TPSA) is 59.6 Å². The number of benzene rings is 1. The van der Waals surface area contributed by atoms with Gasteiger partial charge < -0.3 is 19.1 Å². The SMILES string of the molecule is COc1ccc(-c2cc(N(C)CC3CCC4(COC4)O3)n[nH]2)cc1. The van der Waals surface area contributed by atoms with Gasteiger partial charge in [0.05, 0.1) is 32.1 Å². The van der Waals surface area contributed by atoms with E-state index < -0.39 is 0 Å². The highest BCUT2D eigenvalue weighted by Gasteiger charge is 2.46. The van der Waals surface area contributed by atoms with Crippen molar-refractivity contribution in [1.82, 2.24) is 10.2 Å². The average Bonchev–Trinajstić information content (AvgIpc) is 3.22. The van der Waals surface area contributed by atoms with Crippen LogP contribution in [0.2, 0.25) is 0 Å². The fourth-order valence-electron chi connectivity index (χ4n) is 3.39. The summed E-state index contributed by atoms with van der Waals surface area (Å²) in [6.07, 6.45) is 2.44. The number of rotatable bonds is 5. The highest BCUT2D eigenvalue weighted by atomic mass is 16.6. The highest BCUT2D eigenvalue weighted by Crippen LogP contribution is 2.36. The molecule has 4 rings (SSSR count). The summed E-state index contributed by atoms with van der Waals surface area (Å²) < 4.78 is 16.7. The Bertz CT molecular complexity index is 694. The molecule has 2 aromatic rings. The second-order valence-corrected chi connectivity index (χ2v) is 6.70. The number of likely N-dealkylation sites (N-methyl/N-ethyl adjacent to an activating group) is 1. The molecule has 1 atom stereocenters. The van der Waals surface area contributed by atoms with Crippen molar-refractivity contribution < 1.29 is 14.2 Å². The van der Waals surface area contributed by atoms with Crippen LogP contribution in [0.25, 0.3) is 11.3 Å². The van der Waals surface area contributed by atoms with Gasteiger partial charge in [-0.1, -0.05) is 0 Å². The maximum Gasteiger partial charge on any atom is 0.150 e. The zero-order chi connectivity index (χ0) is 16.6. The summed E-state index contributed by atoms with van der Waals surface area (Å²) >= 11 is 0. The second-order valence-electron chi connectivity index (χ2n) is 6.70. The van der Waals surface area contributed by atoms with Crippen molar-refractivity contribution in [2.45, 2.75) is 24.5 Å². The fraction of sp³-hybridized carbons (Fsp3) is 0.500. The predicted molar refractivity (Wildman–Crippen MR) is 91.5 cm³/mol. The lowest BCUT2D eigenvalue weighted by atomic mass is 9.98. The van der Waals surface area contributed by atoms with Crippen LogP contribution in [0, 0.1) is 0 Å². The van der Waals surface area contributed by atoms with Crippen molar-refractivity contribution in [1.29, 1.82) is 0 Å². The molecule has 0 radical (unpaired) electrons. The number of aromatic amines is 1. The van der Waals surface area contributed by atoms with Gasteiger partial charge in [0.1, 0.15) is 11.4 Å². The molecule has 1 spiro atoms. The van der Waals surface area contributed by atoms with Crippen molar-refractivity contribution >= 4 is 5.82 Å². The van der Waals surface area contributed by atoms with Gasteiger partial charge in [-0.05, 0) is 42.7 Å². The molecule has 6 heteroatoms. The Morgan fingerprint density at radius 3 is 2.75 bits per heavy atom. The van der Waals surface area contributed by atoms with Gasteiger partial charge >= 0.3 is 0 Å². The number of hydrogen-bond donors (Lipinski definition) is 1. The molecule has 1 aromatic heterocycles. The molecular formula is C18H23N3O3. The first-order chi connectivity index (χ1) is 11.7. The molecule has 1 aromatic carbocycles. The quantitative estimate of drug-likeness (QED) is 0.913. The minimum absolute atomic E-state index is 0.00529. The Labute approximate surface area is 141 Å². The summed E-state index contributed by atoms with van der Waals surface area (Å²) in [6, 6.07) is 10.0. The highest BCUT2D eigenvalue weighted by molar-refractivity contribution is 5.63.